The summed E-state index contributed by atoms with van der Waals surface area (Å²) in [5.41, 5.74) is 3.54. The van der Waals surface area contributed by atoms with Crippen LogP contribution in [0, 0.1) is 13.8 Å². The van der Waals surface area contributed by atoms with E-state index in [1.807, 2.05) is 43.5 Å². The second-order valence-corrected chi connectivity index (χ2v) is 5.82. The van der Waals surface area contributed by atoms with Crippen molar-refractivity contribution in [2.24, 2.45) is 0 Å². The fraction of sp³-hybridized carbons (Fsp3) is 0.133. The molecule has 0 saturated heterocycles. The highest BCUT2D eigenvalue weighted by molar-refractivity contribution is 7.13. The number of ketones is 1. The Morgan fingerprint density at radius 2 is 2.00 bits per heavy atom. The number of halogens is 1. The molecule has 0 aliphatic carbocycles. The number of carbonyl (C=O) groups is 1. The molecule has 0 amide bonds. The minimum atomic E-state index is -0.00181. The van der Waals surface area contributed by atoms with Gasteiger partial charge in [0.05, 0.1) is 15.5 Å². The molecule has 4 heteroatoms. The molecule has 0 aliphatic rings. The Balaban J connectivity index is 2.22. The molecule has 2 nitrogen and oxygen atoms in total. The summed E-state index contributed by atoms with van der Waals surface area (Å²) < 4.78 is 0. The van der Waals surface area contributed by atoms with Crippen molar-refractivity contribution in [1.29, 1.82) is 0 Å². The molecule has 0 saturated carbocycles. The summed E-state index contributed by atoms with van der Waals surface area (Å²) in [6.45, 7) is 3.83. The Morgan fingerprint density at radius 3 is 2.68 bits per heavy atom. The van der Waals surface area contributed by atoms with Crippen molar-refractivity contribution in [2.45, 2.75) is 13.8 Å². The van der Waals surface area contributed by atoms with E-state index in [1.165, 1.54) is 11.3 Å². The van der Waals surface area contributed by atoms with Crippen molar-refractivity contribution in [1.82, 2.24) is 4.98 Å². The van der Waals surface area contributed by atoms with E-state index in [9.17, 15) is 4.79 Å². The third-order valence-corrected chi connectivity index (χ3v) is 4.92. The first-order valence-corrected chi connectivity index (χ1v) is 7.21. The fourth-order valence-corrected chi connectivity index (χ4v) is 3.49. The first kappa shape index (κ1) is 12.5. The molecule has 2 aromatic heterocycles. The van der Waals surface area contributed by atoms with Gasteiger partial charge in [-0.15, -0.1) is 11.3 Å². The second kappa shape index (κ2) is 4.51. The van der Waals surface area contributed by atoms with Crippen LogP contribution < -0.4 is 0 Å². The van der Waals surface area contributed by atoms with Crippen molar-refractivity contribution in [2.75, 3.05) is 0 Å². The second-order valence-electron chi connectivity index (χ2n) is 4.56. The summed E-state index contributed by atoms with van der Waals surface area (Å²) in [5.74, 6) is -0.00181. The van der Waals surface area contributed by atoms with E-state index in [4.69, 9.17) is 11.6 Å². The van der Waals surface area contributed by atoms with Gasteiger partial charge < -0.3 is 4.98 Å². The minimum absolute atomic E-state index is 0.00181. The molecule has 1 N–H and O–H groups in total. The predicted molar refractivity (Wildman–Crippen MR) is 80.5 cm³/mol. The number of thiophene rings is 1. The van der Waals surface area contributed by atoms with E-state index in [-0.39, 0.29) is 5.78 Å². The van der Waals surface area contributed by atoms with Crippen LogP contribution in [0.5, 0.6) is 0 Å². The number of hydrogen-bond acceptors (Lipinski definition) is 2. The van der Waals surface area contributed by atoms with Crippen LogP contribution in [-0.2, 0) is 0 Å². The number of rotatable bonds is 2. The summed E-state index contributed by atoms with van der Waals surface area (Å²) in [7, 11) is 0. The lowest BCUT2D eigenvalue weighted by Crippen LogP contribution is -2.00. The molecule has 0 bridgehead atoms. The van der Waals surface area contributed by atoms with Gasteiger partial charge in [-0.25, -0.2) is 0 Å². The average Bonchev–Trinajstić information content (AvgIpc) is 2.89. The molecule has 2 heterocycles. The van der Waals surface area contributed by atoms with Gasteiger partial charge in [0.25, 0.3) is 0 Å². The molecule has 19 heavy (non-hydrogen) atoms. The Hall–Kier alpha value is -1.58. The predicted octanol–water partition coefficient (Wildman–Crippen LogP) is 4.73. The fourth-order valence-electron chi connectivity index (χ4n) is 2.27. The zero-order valence-corrected chi connectivity index (χ0v) is 12.2. The van der Waals surface area contributed by atoms with Crippen LogP contribution in [-0.4, -0.2) is 10.8 Å². The maximum absolute atomic E-state index is 12.7. The van der Waals surface area contributed by atoms with Crippen LogP contribution in [0.2, 0.25) is 5.02 Å². The van der Waals surface area contributed by atoms with E-state index in [0.29, 0.717) is 9.90 Å². The molecule has 0 fully saturated rings. The smallest absolute Gasteiger partial charge is 0.206 e. The lowest BCUT2D eigenvalue weighted by molar-refractivity contribution is 0.104. The van der Waals surface area contributed by atoms with E-state index >= 15 is 0 Å². The van der Waals surface area contributed by atoms with Gasteiger partial charge in [-0.2, -0.15) is 0 Å². The van der Waals surface area contributed by atoms with Crippen LogP contribution in [0.1, 0.15) is 26.5 Å². The van der Waals surface area contributed by atoms with E-state index in [1.54, 1.807) is 0 Å². The number of fused-ring (bicyclic) bond motifs is 1. The zero-order valence-electron chi connectivity index (χ0n) is 10.6. The zero-order chi connectivity index (χ0) is 13.6. The number of aryl methyl sites for hydroxylation is 2. The normalized spacial score (nSPS) is 11.1. The number of benzene rings is 1. The van der Waals surface area contributed by atoms with Crippen molar-refractivity contribution in [3.8, 4) is 0 Å². The molecule has 0 radical (unpaired) electrons. The highest BCUT2D eigenvalue weighted by Crippen LogP contribution is 2.32. The lowest BCUT2D eigenvalue weighted by Gasteiger charge is -2.00. The summed E-state index contributed by atoms with van der Waals surface area (Å²) >= 11 is 7.61. The Bertz CT molecular complexity index is 785. The standard InChI is InChI=1S/C15H12ClNOS/c1-8-7-19-15(13(8)16)14(18)12-9(2)17-11-6-4-3-5-10(11)12/h3-7,17H,1-2H3. The molecule has 1 aromatic carbocycles. The van der Waals surface area contributed by atoms with Crippen LogP contribution in [0.25, 0.3) is 10.9 Å². The van der Waals surface area contributed by atoms with E-state index in [0.717, 1.165) is 27.7 Å². The number of aromatic amines is 1. The summed E-state index contributed by atoms with van der Waals surface area (Å²) in [4.78, 5) is 16.5. The first-order chi connectivity index (χ1) is 9.09. The first-order valence-electron chi connectivity index (χ1n) is 5.95. The SMILES string of the molecule is Cc1csc(C(=O)c2c(C)[nH]c3ccccc23)c1Cl. The third-order valence-electron chi connectivity index (χ3n) is 3.23. The van der Waals surface area contributed by atoms with Gasteiger partial charge in [0.1, 0.15) is 0 Å². The molecule has 96 valence electrons. The lowest BCUT2D eigenvalue weighted by atomic mass is 10.1. The maximum atomic E-state index is 12.7. The van der Waals surface area contributed by atoms with Gasteiger partial charge in [0, 0.05) is 16.6 Å². The highest BCUT2D eigenvalue weighted by atomic mass is 35.5. The number of hydrogen-bond donors (Lipinski definition) is 1. The Labute approximate surface area is 120 Å². The number of aromatic nitrogens is 1. The highest BCUT2D eigenvalue weighted by Gasteiger charge is 2.21. The molecule has 0 atom stereocenters. The summed E-state index contributed by atoms with van der Waals surface area (Å²) in [5, 5.41) is 3.44. The largest absolute Gasteiger partial charge is 0.358 e. The van der Waals surface area contributed by atoms with E-state index in [2.05, 4.69) is 4.98 Å². The van der Waals surface area contributed by atoms with Gasteiger partial charge in [0.2, 0.25) is 5.78 Å². The summed E-state index contributed by atoms with van der Waals surface area (Å²) in [6, 6.07) is 7.82. The van der Waals surface area contributed by atoms with Crippen LogP contribution in [0.15, 0.2) is 29.6 Å². The molecule has 3 rings (SSSR count). The maximum Gasteiger partial charge on any atom is 0.206 e. The molecule has 0 aliphatic heterocycles. The van der Waals surface area contributed by atoms with Gasteiger partial charge in [-0.05, 0) is 30.9 Å². The average molecular weight is 290 g/mol. The van der Waals surface area contributed by atoms with Gasteiger partial charge >= 0.3 is 0 Å². The van der Waals surface area contributed by atoms with Gasteiger partial charge in [0.15, 0.2) is 0 Å². The van der Waals surface area contributed by atoms with Crippen molar-refractivity contribution in [3.63, 3.8) is 0 Å². The monoisotopic (exact) mass is 289 g/mol. The molecular weight excluding hydrogens is 278 g/mol. The van der Waals surface area contributed by atoms with Crippen LogP contribution >= 0.6 is 22.9 Å². The van der Waals surface area contributed by atoms with Crippen LogP contribution in [0.3, 0.4) is 0 Å². The third kappa shape index (κ3) is 1.90. The number of H-pyrrole nitrogens is 1. The van der Waals surface area contributed by atoms with E-state index < -0.39 is 0 Å². The molecular formula is C15H12ClNOS. The summed E-state index contributed by atoms with van der Waals surface area (Å²) in [6.07, 6.45) is 0. The minimum Gasteiger partial charge on any atom is -0.358 e. The van der Waals surface area contributed by atoms with Crippen molar-refractivity contribution in [3.05, 3.63) is 56.4 Å². The Kier molecular flexibility index (Phi) is 2.96. The number of carbonyl (C=O) groups excluding carboxylic acids is 1. The van der Waals surface area contributed by atoms with Crippen molar-refractivity contribution >= 4 is 39.6 Å². The number of para-hydroxylation sites is 1. The quantitative estimate of drug-likeness (QED) is 0.680. The molecule has 0 spiro atoms. The Morgan fingerprint density at radius 1 is 1.26 bits per heavy atom. The topological polar surface area (TPSA) is 32.9 Å². The van der Waals surface area contributed by atoms with Crippen molar-refractivity contribution < 1.29 is 4.79 Å². The number of nitrogens with one attached hydrogen (secondary N) is 1. The molecule has 3 aromatic rings. The van der Waals surface area contributed by atoms with Crippen LogP contribution in [0.4, 0.5) is 0 Å². The van der Waals surface area contributed by atoms with Gasteiger partial charge in [-0.1, -0.05) is 29.8 Å². The molecule has 0 unspecified atom stereocenters. The van der Waals surface area contributed by atoms with Gasteiger partial charge in [-0.3, -0.25) is 4.79 Å².